The zero-order chi connectivity index (χ0) is 12.8. The van der Waals surface area contributed by atoms with Crippen LogP contribution in [0.25, 0.3) is 0 Å². The van der Waals surface area contributed by atoms with Crippen molar-refractivity contribution in [3.8, 4) is 0 Å². The summed E-state index contributed by atoms with van der Waals surface area (Å²) in [6.07, 6.45) is 3.61. The molecule has 0 aliphatic heterocycles. The van der Waals surface area contributed by atoms with Crippen molar-refractivity contribution in [3.05, 3.63) is 48.0 Å². The summed E-state index contributed by atoms with van der Waals surface area (Å²) in [4.78, 5) is 8.47. The lowest BCUT2D eigenvalue weighted by Gasteiger charge is -2.11. The molecule has 0 saturated carbocycles. The molecule has 2 N–H and O–H groups in total. The summed E-state index contributed by atoms with van der Waals surface area (Å²) in [6.45, 7) is 5.70. The summed E-state index contributed by atoms with van der Waals surface area (Å²) >= 11 is 0. The van der Waals surface area contributed by atoms with E-state index >= 15 is 0 Å². The summed E-state index contributed by atoms with van der Waals surface area (Å²) in [6, 6.07) is 7.96. The third-order valence-electron chi connectivity index (χ3n) is 2.77. The van der Waals surface area contributed by atoms with Gasteiger partial charge in [0.25, 0.3) is 0 Å². The molecule has 2 aromatic rings. The van der Waals surface area contributed by atoms with Crippen LogP contribution in [-0.4, -0.2) is 23.1 Å². The van der Waals surface area contributed by atoms with E-state index in [0.29, 0.717) is 0 Å². The topological polar surface area (TPSA) is 49.8 Å². The summed E-state index contributed by atoms with van der Waals surface area (Å²) in [7, 11) is 0. The molecule has 2 heterocycles. The van der Waals surface area contributed by atoms with Crippen LogP contribution in [0.5, 0.6) is 0 Å². The number of aromatic nitrogens is 2. The fourth-order valence-electron chi connectivity index (χ4n) is 1.74. The minimum Gasteiger partial charge on any atom is -0.382 e. The summed E-state index contributed by atoms with van der Waals surface area (Å²) in [5.41, 5.74) is 4.22. The fraction of sp³-hybridized carbons (Fsp3) is 0.286. The molecule has 4 nitrogen and oxygen atoms in total. The largest absolute Gasteiger partial charge is 0.382 e. The van der Waals surface area contributed by atoms with Gasteiger partial charge in [0.1, 0.15) is 0 Å². The maximum absolute atomic E-state index is 4.24. The molecule has 18 heavy (non-hydrogen) atoms. The van der Waals surface area contributed by atoms with E-state index in [2.05, 4.69) is 20.6 Å². The molecular formula is C14H18N4. The lowest BCUT2D eigenvalue weighted by molar-refractivity contribution is 1.05. The van der Waals surface area contributed by atoms with Crippen LogP contribution >= 0.6 is 0 Å². The quantitative estimate of drug-likeness (QED) is 0.791. The van der Waals surface area contributed by atoms with Crippen molar-refractivity contribution in [1.29, 1.82) is 0 Å². The van der Waals surface area contributed by atoms with Gasteiger partial charge in [-0.25, -0.2) is 0 Å². The maximum Gasteiger partial charge on any atom is 0.0603 e. The Hall–Kier alpha value is -2.10. The van der Waals surface area contributed by atoms with Gasteiger partial charge in [0, 0.05) is 25.5 Å². The maximum atomic E-state index is 4.24. The van der Waals surface area contributed by atoms with Crippen LogP contribution in [-0.2, 0) is 0 Å². The molecule has 0 amide bonds. The molecule has 0 spiro atoms. The van der Waals surface area contributed by atoms with Gasteiger partial charge in [-0.2, -0.15) is 0 Å². The molecule has 0 fully saturated rings. The van der Waals surface area contributed by atoms with E-state index in [1.165, 1.54) is 0 Å². The van der Waals surface area contributed by atoms with Gasteiger partial charge in [0.05, 0.1) is 22.8 Å². The highest BCUT2D eigenvalue weighted by Gasteiger charge is 1.98. The molecule has 0 aromatic carbocycles. The van der Waals surface area contributed by atoms with Crippen molar-refractivity contribution in [2.75, 3.05) is 23.7 Å². The fourth-order valence-corrected chi connectivity index (χ4v) is 1.74. The molecule has 2 aromatic heterocycles. The molecule has 94 valence electrons. The standard InChI is InChI=1S/C14H18N4/c1-11-13(5-3-7-15-11)17-9-10-18-14-6-4-8-16-12(14)2/h3-8,17-18H,9-10H2,1-2H3. The molecule has 0 unspecified atom stereocenters. The second-order valence-electron chi connectivity index (χ2n) is 4.13. The highest BCUT2D eigenvalue weighted by molar-refractivity contribution is 5.48. The number of anilines is 2. The third kappa shape index (κ3) is 3.20. The molecule has 0 bridgehead atoms. The van der Waals surface area contributed by atoms with Crippen LogP contribution < -0.4 is 10.6 Å². The first-order valence-corrected chi connectivity index (χ1v) is 6.08. The Kier molecular flexibility index (Phi) is 4.12. The van der Waals surface area contributed by atoms with E-state index in [4.69, 9.17) is 0 Å². The van der Waals surface area contributed by atoms with E-state index in [1.807, 2.05) is 38.1 Å². The SMILES string of the molecule is Cc1ncccc1NCCNc1cccnc1C. The van der Waals surface area contributed by atoms with Gasteiger partial charge in [-0.3, -0.25) is 9.97 Å². The molecule has 4 heteroatoms. The monoisotopic (exact) mass is 242 g/mol. The number of nitrogens with one attached hydrogen (secondary N) is 2. The Balaban J connectivity index is 1.80. The molecule has 0 aliphatic rings. The third-order valence-corrected chi connectivity index (χ3v) is 2.77. The van der Waals surface area contributed by atoms with Crippen molar-refractivity contribution < 1.29 is 0 Å². The number of hydrogen-bond donors (Lipinski definition) is 2. The van der Waals surface area contributed by atoms with Gasteiger partial charge in [-0.15, -0.1) is 0 Å². The Bertz CT molecular complexity index is 463. The Morgan fingerprint density at radius 2 is 1.28 bits per heavy atom. The van der Waals surface area contributed by atoms with Crippen molar-refractivity contribution in [2.24, 2.45) is 0 Å². The van der Waals surface area contributed by atoms with Gasteiger partial charge >= 0.3 is 0 Å². The first-order chi connectivity index (χ1) is 8.77. The molecule has 0 atom stereocenters. The predicted molar refractivity (Wildman–Crippen MR) is 74.9 cm³/mol. The van der Waals surface area contributed by atoms with Gasteiger partial charge in [-0.05, 0) is 38.1 Å². The minimum absolute atomic E-state index is 0.848. The molecule has 2 rings (SSSR count). The van der Waals surface area contributed by atoms with Crippen LogP contribution in [0.1, 0.15) is 11.4 Å². The second kappa shape index (κ2) is 6.00. The van der Waals surface area contributed by atoms with Gasteiger partial charge in [-0.1, -0.05) is 0 Å². The average molecular weight is 242 g/mol. The van der Waals surface area contributed by atoms with Crippen molar-refractivity contribution in [2.45, 2.75) is 13.8 Å². The smallest absolute Gasteiger partial charge is 0.0603 e. The Morgan fingerprint density at radius 1 is 0.833 bits per heavy atom. The number of hydrogen-bond acceptors (Lipinski definition) is 4. The van der Waals surface area contributed by atoms with Gasteiger partial charge in [0.15, 0.2) is 0 Å². The number of rotatable bonds is 5. The molecule has 0 aliphatic carbocycles. The van der Waals surface area contributed by atoms with Crippen molar-refractivity contribution >= 4 is 11.4 Å². The first kappa shape index (κ1) is 12.4. The predicted octanol–water partition coefficient (Wildman–Crippen LogP) is 2.62. The zero-order valence-electron chi connectivity index (χ0n) is 10.8. The van der Waals surface area contributed by atoms with E-state index in [0.717, 1.165) is 35.9 Å². The highest BCUT2D eigenvalue weighted by atomic mass is 15.0. The van der Waals surface area contributed by atoms with E-state index in [9.17, 15) is 0 Å². The van der Waals surface area contributed by atoms with Crippen LogP contribution in [0.3, 0.4) is 0 Å². The van der Waals surface area contributed by atoms with Crippen LogP contribution in [0.4, 0.5) is 11.4 Å². The Labute approximate surface area is 107 Å². The minimum atomic E-state index is 0.848. The van der Waals surface area contributed by atoms with Gasteiger partial charge < -0.3 is 10.6 Å². The lowest BCUT2D eigenvalue weighted by atomic mass is 10.3. The molecule has 0 saturated heterocycles. The van der Waals surface area contributed by atoms with E-state index < -0.39 is 0 Å². The highest BCUT2D eigenvalue weighted by Crippen LogP contribution is 2.11. The van der Waals surface area contributed by atoms with Crippen LogP contribution in [0, 0.1) is 13.8 Å². The average Bonchev–Trinajstić information content (AvgIpc) is 2.38. The number of aryl methyl sites for hydroxylation is 2. The summed E-state index contributed by atoms with van der Waals surface area (Å²) < 4.78 is 0. The van der Waals surface area contributed by atoms with E-state index in [-0.39, 0.29) is 0 Å². The zero-order valence-corrected chi connectivity index (χ0v) is 10.8. The van der Waals surface area contributed by atoms with Crippen molar-refractivity contribution in [3.63, 3.8) is 0 Å². The number of pyridine rings is 2. The lowest BCUT2D eigenvalue weighted by Crippen LogP contribution is -2.15. The molecular weight excluding hydrogens is 224 g/mol. The van der Waals surface area contributed by atoms with Crippen LogP contribution in [0.15, 0.2) is 36.7 Å². The first-order valence-electron chi connectivity index (χ1n) is 6.08. The van der Waals surface area contributed by atoms with Gasteiger partial charge in [0.2, 0.25) is 0 Å². The normalized spacial score (nSPS) is 10.1. The number of nitrogens with zero attached hydrogens (tertiary/aromatic N) is 2. The summed E-state index contributed by atoms with van der Waals surface area (Å²) in [5.74, 6) is 0. The van der Waals surface area contributed by atoms with Crippen LogP contribution in [0.2, 0.25) is 0 Å². The summed E-state index contributed by atoms with van der Waals surface area (Å²) in [5, 5.41) is 6.71. The van der Waals surface area contributed by atoms with Crippen molar-refractivity contribution in [1.82, 2.24) is 9.97 Å². The van der Waals surface area contributed by atoms with E-state index in [1.54, 1.807) is 12.4 Å². The second-order valence-corrected chi connectivity index (χ2v) is 4.13. The molecule has 0 radical (unpaired) electrons. The Morgan fingerprint density at radius 3 is 1.67 bits per heavy atom.